The third-order valence-electron chi connectivity index (χ3n) is 15.2. The van der Waals surface area contributed by atoms with Gasteiger partial charge in [-0.25, -0.2) is 0 Å². The van der Waals surface area contributed by atoms with Gasteiger partial charge < -0.3 is 4.90 Å². The molecule has 84 heavy (non-hydrogen) atoms. The molecule has 0 spiro atoms. The predicted molar refractivity (Wildman–Crippen MR) is 380 cm³/mol. The molecule has 436 valence electrons. The van der Waals surface area contributed by atoms with Gasteiger partial charge >= 0.3 is 0 Å². The molecule has 0 amide bonds. The van der Waals surface area contributed by atoms with Gasteiger partial charge in [0.05, 0.1) is 5.69 Å². The topological polar surface area (TPSA) is 3.24 Å². The lowest BCUT2D eigenvalue weighted by Crippen LogP contribution is -2.21. The van der Waals surface area contributed by atoms with Gasteiger partial charge in [-0.05, 0) is 203 Å². The van der Waals surface area contributed by atoms with Crippen molar-refractivity contribution >= 4 is 16.8 Å². The third kappa shape index (κ3) is 17.8. The highest BCUT2D eigenvalue weighted by atomic mass is 15.2. The number of aryl methyl sites for hydroxylation is 3. The monoisotopic (exact) mass is 1110 g/mol. The van der Waals surface area contributed by atoms with E-state index >= 15 is 0 Å². The largest absolute Gasteiger partial charge is 0.314 e. The average Bonchev–Trinajstić information content (AvgIpc) is 1.59. The van der Waals surface area contributed by atoms with Crippen LogP contribution in [0.4, 0.5) is 5.69 Å². The number of anilines is 1. The molecule has 0 aliphatic heterocycles. The zero-order valence-electron chi connectivity index (χ0n) is 54.3. The minimum Gasteiger partial charge on any atom is -0.314 e. The maximum Gasteiger partial charge on any atom is 0.0542 e. The van der Waals surface area contributed by atoms with Crippen molar-refractivity contribution < 1.29 is 0 Å². The molecule has 5 aromatic rings. The van der Waals surface area contributed by atoms with E-state index in [-0.39, 0.29) is 10.8 Å². The average molecular weight is 1110 g/mol. The summed E-state index contributed by atoms with van der Waals surface area (Å²) >= 11 is 0. The first-order valence-electron chi connectivity index (χ1n) is 29.9. The molecule has 5 aromatic carbocycles. The summed E-state index contributed by atoms with van der Waals surface area (Å²) in [7, 11) is 0. The van der Waals surface area contributed by atoms with Crippen LogP contribution in [0.3, 0.4) is 0 Å². The summed E-state index contributed by atoms with van der Waals surface area (Å²) in [6, 6.07) is 36.0. The number of nitrogens with zero attached hydrogens (tertiary/aromatic N) is 1. The molecule has 2 aliphatic rings. The van der Waals surface area contributed by atoms with Crippen molar-refractivity contribution in [1.82, 2.24) is 0 Å². The zero-order chi connectivity index (χ0) is 62.6. The van der Waals surface area contributed by atoms with E-state index in [0.29, 0.717) is 0 Å². The van der Waals surface area contributed by atoms with E-state index in [4.69, 9.17) is 0 Å². The standard InChI is InChI=1S/C53H61N.C13H16.C12H14.C3H6.C2H2/c1-13-20-27-40(17-5)41(18-6)32-31-37(8)54(42(19-7)28-23-26-38(16-4)24-14-2)50-34-39(25-15-3)33-49-51(50)45-36-47-44(35-48(45)53(49,11)12)43-29-21-22-30-46(43)52(47,9)10;1-4-6-12(5-2)13-9-7-11(3)8-10-13;1-4-5-11(3)12-8-6-10(2)7-9-12;1-3-2;1-2/h13-14,16-24,27-36H,5-6,15,25-26H2,1-4,7-12H3;4-10H,1-3H3;4-9H,3H2,1-2H3;3H,1H2,2H3;1-2H/b20-13-,24-14-,28-23-,37-31+,38-16+,40-27+,41-32+,42-19+;6-4-,12-5+;5-4-;;. The van der Waals surface area contributed by atoms with Crippen LogP contribution >= 0.6 is 0 Å². The van der Waals surface area contributed by atoms with Crippen LogP contribution in [-0.2, 0) is 17.3 Å². The number of allylic oxidation sites excluding steroid dienone is 25. The van der Waals surface area contributed by atoms with Crippen LogP contribution in [0, 0.1) is 26.7 Å². The summed E-state index contributed by atoms with van der Waals surface area (Å²) in [5.41, 5.74) is 26.4. The number of terminal acetylenes is 1. The van der Waals surface area contributed by atoms with E-state index in [1.165, 1.54) is 89.2 Å². The Balaban J connectivity index is 0.000000499. The molecule has 1 nitrogen and oxygen atoms in total. The van der Waals surface area contributed by atoms with Crippen LogP contribution in [0.5, 0.6) is 0 Å². The van der Waals surface area contributed by atoms with E-state index in [1.807, 2.05) is 64.2 Å². The first-order chi connectivity index (χ1) is 40.3. The first kappa shape index (κ1) is 69.8. The van der Waals surface area contributed by atoms with Crippen molar-refractivity contribution in [2.24, 2.45) is 0 Å². The Kier molecular flexibility index (Phi) is 29.0. The maximum absolute atomic E-state index is 4.17. The number of rotatable bonds is 18. The van der Waals surface area contributed by atoms with Crippen molar-refractivity contribution in [3.8, 4) is 35.1 Å². The summed E-state index contributed by atoms with van der Waals surface area (Å²) in [5, 5.41) is 0. The van der Waals surface area contributed by atoms with Gasteiger partial charge in [-0.15, -0.1) is 19.4 Å². The summed E-state index contributed by atoms with van der Waals surface area (Å²) < 4.78 is 0. The molecule has 0 saturated heterocycles. The normalized spacial score (nSPS) is 14.3. The van der Waals surface area contributed by atoms with Gasteiger partial charge in [0, 0.05) is 27.8 Å². The molecule has 0 atom stereocenters. The minimum atomic E-state index is -0.172. The maximum atomic E-state index is 4.17. The fourth-order valence-electron chi connectivity index (χ4n) is 10.7. The Labute approximate surface area is 511 Å². The van der Waals surface area contributed by atoms with Gasteiger partial charge in [-0.3, -0.25) is 0 Å². The molecule has 0 N–H and O–H groups in total. The van der Waals surface area contributed by atoms with Crippen molar-refractivity contribution in [1.29, 1.82) is 0 Å². The molecule has 2 aliphatic carbocycles. The highest BCUT2D eigenvalue weighted by molar-refractivity contribution is 5.96. The zero-order valence-corrected chi connectivity index (χ0v) is 54.3. The van der Waals surface area contributed by atoms with Gasteiger partial charge in [0.15, 0.2) is 0 Å². The lowest BCUT2D eigenvalue weighted by Gasteiger charge is -2.31. The molecule has 0 fully saturated rings. The predicted octanol–water partition coefficient (Wildman–Crippen LogP) is 24.1. The molecule has 0 aromatic heterocycles. The fourth-order valence-corrected chi connectivity index (χ4v) is 10.7. The molecule has 0 radical (unpaired) electrons. The SMILES string of the molecule is C#C.C/C=C\C(=C/C)c1ccc(C)cc1.C=C(/C=C\C)c1ccc(C)cc1.C=CC.C=CC(=C\C=C/C)/C(C=C)=C/C=C(\C)N(C(/C=C\CC(/C=C\C)=C/C)=C/C)c1cc(CCC)cc2c1-c1cc3c(cc1C2(C)C)-c1ccccc1C3(C)C. The van der Waals surface area contributed by atoms with Crippen LogP contribution in [0.25, 0.3) is 33.4 Å². The van der Waals surface area contributed by atoms with E-state index in [2.05, 4.69) is 297 Å². The van der Waals surface area contributed by atoms with Crippen LogP contribution in [-0.4, -0.2) is 0 Å². The lowest BCUT2D eigenvalue weighted by molar-refractivity contribution is 0.651. The Morgan fingerprint density at radius 3 is 1.64 bits per heavy atom. The van der Waals surface area contributed by atoms with Crippen LogP contribution in [0.1, 0.15) is 160 Å². The summed E-state index contributed by atoms with van der Waals surface area (Å²) in [6.45, 7) is 50.3. The lowest BCUT2D eigenvalue weighted by atomic mass is 9.79. The number of hydrogen-bond acceptors (Lipinski definition) is 1. The number of fused-ring (bicyclic) bond motifs is 6. The van der Waals surface area contributed by atoms with E-state index < -0.39 is 0 Å². The number of benzene rings is 5. The highest BCUT2D eigenvalue weighted by Crippen LogP contribution is 2.58. The van der Waals surface area contributed by atoms with Crippen LogP contribution in [0.2, 0.25) is 0 Å². The van der Waals surface area contributed by atoms with Crippen LogP contribution < -0.4 is 4.90 Å². The molecule has 7 rings (SSSR count). The van der Waals surface area contributed by atoms with Gasteiger partial charge in [0.2, 0.25) is 0 Å². The summed E-state index contributed by atoms with van der Waals surface area (Å²) in [6.07, 6.45) is 50.8. The number of hydrogen-bond donors (Lipinski definition) is 0. The van der Waals surface area contributed by atoms with Crippen molar-refractivity contribution in [2.75, 3.05) is 4.90 Å². The van der Waals surface area contributed by atoms with Crippen molar-refractivity contribution in [3.63, 3.8) is 0 Å². The molecule has 0 bridgehead atoms. The Morgan fingerprint density at radius 1 is 0.560 bits per heavy atom. The molecule has 0 heterocycles. The minimum absolute atomic E-state index is 0.0877. The smallest absolute Gasteiger partial charge is 0.0542 e. The molecule has 1 heteroatoms. The van der Waals surface area contributed by atoms with Gasteiger partial charge in [-0.2, -0.15) is 0 Å². The van der Waals surface area contributed by atoms with Crippen molar-refractivity contribution in [3.05, 3.63) is 317 Å². The molecular formula is C83H99N. The Hall–Kier alpha value is -8.44. The molecular weight excluding hydrogens is 1010 g/mol. The van der Waals surface area contributed by atoms with Crippen LogP contribution in [0.15, 0.2) is 267 Å². The van der Waals surface area contributed by atoms with Gasteiger partial charge in [-0.1, -0.05) is 254 Å². The van der Waals surface area contributed by atoms with E-state index in [9.17, 15) is 0 Å². The molecule has 0 unspecified atom stereocenters. The quantitative estimate of drug-likeness (QED) is 0.0480. The summed E-state index contributed by atoms with van der Waals surface area (Å²) in [5.74, 6) is 0. The fraction of sp³-hybridized carbons (Fsp3) is 0.253. The van der Waals surface area contributed by atoms with Crippen molar-refractivity contribution in [2.45, 2.75) is 141 Å². The van der Waals surface area contributed by atoms with Gasteiger partial charge in [0.1, 0.15) is 0 Å². The highest BCUT2D eigenvalue weighted by Gasteiger charge is 2.43. The van der Waals surface area contributed by atoms with Gasteiger partial charge in [0.25, 0.3) is 0 Å². The Morgan fingerprint density at radius 2 is 1.11 bits per heavy atom. The second-order valence-corrected chi connectivity index (χ2v) is 21.9. The summed E-state index contributed by atoms with van der Waals surface area (Å²) in [4.78, 5) is 2.48. The van der Waals surface area contributed by atoms with E-state index in [1.54, 1.807) is 6.08 Å². The Bertz CT molecular complexity index is 3410. The molecule has 0 saturated carbocycles. The second-order valence-electron chi connectivity index (χ2n) is 21.9. The second kappa shape index (κ2) is 34.9. The first-order valence-corrected chi connectivity index (χ1v) is 29.9. The third-order valence-corrected chi connectivity index (χ3v) is 15.2. The van der Waals surface area contributed by atoms with E-state index in [0.717, 1.165) is 47.4 Å².